The van der Waals surface area contributed by atoms with Crippen LogP contribution in [0.2, 0.25) is 0 Å². The predicted octanol–water partition coefficient (Wildman–Crippen LogP) is 6.39. The van der Waals surface area contributed by atoms with Gasteiger partial charge in [0.05, 0.1) is 49.2 Å². The maximum absolute atomic E-state index is 13.9. The van der Waals surface area contributed by atoms with Crippen LogP contribution in [0.3, 0.4) is 0 Å². The third kappa shape index (κ3) is 8.84. The lowest BCUT2D eigenvalue weighted by Crippen LogP contribution is -2.42. The van der Waals surface area contributed by atoms with Gasteiger partial charge in [0.15, 0.2) is 0 Å². The zero-order chi connectivity index (χ0) is 40.6. The number of aromatic nitrogens is 4. The number of nitrogens with one attached hydrogen (secondary N) is 5. The number of ether oxygens (including phenoxy) is 2. The van der Waals surface area contributed by atoms with Crippen LogP contribution in [0, 0.1) is 11.8 Å². The summed E-state index contributed by atoms with van der Waals surface area (Å²) < 4.78 is 9.54. The Morgan fingerprint density at radius 2 is 1.40 bits per heavy atom. The minimum atomic E-state index is -0.948. The zero-order valence-corrected chi connectivity index (χ0v) is 32.1. The van der Waals surface area contributed by atoms with E-state index >= 15 is 0 Å². The number of hydrogen-bond donors (Lipinski definition) is 5. The molecule has 14 nitrogen and oxygen atoms in total. The van der Waals surface area contributed by atoms with Gasteiger partial charge in [0.25, 0.3) is 5.91 Å². The van der Waals surface area contributed by atoms with E-state index in [1.165, 1.54) is 14.2 Å². The highest BCUT2D eigenvalue weighted by molar-refractivity contribution is 5.88. The van der Waals surface area contributed by atoms with E-state index in [9.17, 15) is 19.2 Å². The molecular formula is C44H42N8O6. The Balaban J connectivity index is 1.00. The number of amides is 4. The average molecular weight is 779 g/mol. The Morgan fingerprint density at radius 3 is 2.07 bits per heavy atom. The molecule has 7 rings (SSSR count). The fourth-order valence-corrected chi connectivity index (χ4v) is 6.92. The molecule has 0 saturated carbocycles. The predicted molar refractivity (Wildman–Crippen MR) is 216 cm³/mol. The van der Waals surface area contributed by atoms with Gasteiger partial charge in [-0.1, -0.05) is 84.6 Å². The lowest BCUT2D eigenvalue weighted by molar-refractivity contribution is -0.134. The first-order chi connectivity index (χ1) is 28.2. The fraction of sp³-hybridized carbons (Fsp3) is 0.227. The van der Waals surface area contributed by atoms with Crippen LogP contribution in [0.25, 0.3) is 22.3 Å². The second-order valence-electron chi connectivity index (χ2n) is 13.7. The van der Waals surface area contributed by atoms with Gasteiger partial charge in [0.2, 0.25) is 5.91 Å². The highest BCUT2D eigenvalue weighted by Gasteiger charge is 2.37. The van der Waals surface area contributed by atoms with Crippen molar-refractivity contribution in [3.8, 4) is 23.1 Å². The van der Waals surface area contributed by atoms with Crippen LogP contribution < -0.4 is 16.0 Å². The van der Waals surface area contributed by atoms with Crippen molar-refractivity contribution in [3.05, 3.63) is 143 Å². The van der Waals surface area contributed by atoms with Gasteiger partial charge in [-0.3, -0.25) is 9.59 Å². The number of methoxy groups -OCH3 is 2. The molecule has 3 heterocycles. The van der Waals surface area contributed by atoms with Crippen molar-refractivity contribution >= 4 is 35.0 Å². The van der Waals surface area contributed by atoms with Crippen LogP contribution in [-0.2, 0) is 19.1 Å². The van der Waals surface area contributed by atoms with Crippen molar-refractivity contribution in [1.82, 2.24) is 40.8 Å². The Morgan fingerprint density at radius 1 is 0.776 bits per heavy atom. The van der Waals surface area contributed by atoms with Crippen molar-refractivity contribution in [2.75, 3.05) is 20.8 Å². The molecule has 4 atom stereocenters. The normalized spacial score (nSPS) is 15.0. The van der Waals surface area contributed by atoms with Gasteiger partial charge in [-0.25, -0.2) is 19.6 Å². The largest absolute Gasteiger partial charge is 0.453 e. The van der Waals surface area contributed by atoms with E-state index in [-0.39, 0.29) is 11.9 Å². The number of aromatic amines is 2. The van der Waals surface area contributed by atoms with Gasteiger partial charge >= 0.3 is 12.2 Å². The number of carbonyl (C=O) groups is 4. The SMILES string of the molecule is COC(=O)N[C@@H](C(=O)N[C@@H](C)c1ncc(-c2ccc(C#Cc3ccc4nc([C@@H]5CCCN5C(=O)[C@H](NC(=O)OC)c5ccccc5)[nH]c4c3)cc2)[nH]1)c1ccccc1. The number of alkyl carbamates (subject to hydrolysis) is 2. The summed E-state index contributed by atoms with van der Waals surface area (Å²) in [5.41, 5.74) is 6.11. The molecule has 1 fully saturated rings. The smallest absolute Gasteiger partial charge is 0.407 e. The summed E-state index contributed by atoms with van der Waals surface area (Å²) in [4.78, 5) is 69.1. The van der Waals surface area contributed by atoms with Crippen LogP contribution in [0.5, 0.6) is 0 Å². The summed E-state index contributed by atoms with van der Waals surface area (Å²) in [5, 5.41) is 8.21. The molecule has 6 aromatic rings. The fourth-order valence-electron chi connectivity index (χ4n) is 6.92. The summed E-state index contributed by atoms with van der Waals surface area (Å²) in [6.07, 6.45) is 1.84. The molecule has 4 amide bonds. The lowest BCUT2D eigenvalue weighted by atomic mass is 10.1. The number of carbonyl (C=O) groups excluding carboxylic acids is 4. The number of imidazole rings is 2. The van der Waals surface area contributed by atoms with Gasteiger partial charge in [-0.05, 0) is 66.8 Å². The van der Waals surface area contributed by atoms with E-state index in [0.29, 0.717) is 29.3 Å². The molecule has 0 radical (unpaired) electrons. The van der Waals surface area contributed by atoms with Crippen LogP contribution in [0.1, 0.15) is 77.8 Å². The second-order valence-corrected chi connectivity index (χ2v) is 13.7. The molecule has 14 heteroatoms. The van der Waals surface area contributed by atoms with Gasteiger partial charge in [-0.2, -0.15) is 0 Å². The molecule has 0 unspecified atom stereocenters. The van der Waals surface area contributed by atoms with Crippen molar-refractivity contribution in [3.63, 3.8) is 0 Å². The van der Waals surface area contributed by atoms with Crippen LogP contribution in [-0.4, -0.2) is 69.6 Å². The van der Waals surface area contributed by atoms with Crippen molar-refractivity contribution in [2.24, 2.45) is 0 Å². The molecule has 0 spiro atoms. The van der Waals surface area contributed by atoms with Crippen LogP contribution >= 0.6 is 0 Å². The number of likely N-dealkylation sites (tertiary alicyclic amines) is 1. The molecule has 2 aromatic heterocycles. The molecule has 0 bridgehead atoms. The maximum atomic E-state index is 13.9. The molecule has 5 N–H and O–H groups in total. The third-order valence-electron chi connectivity index (χ3n) is 9.93. The molecule has 1 saturated heterocycles. The number of benzene rings is 4. The van der Waals surface area contributed by atoms with E-state index in [0.717, 1.165) is 46.3 Å². The number of fused-ring (bicyclic) bond motifs is 1. The monoisotopic (exact) mass is 778 g/mol. The molecule has 4 aromatic carbocycles. The first-order valence-corrected chi connectivity index (χ1v) is 18.8. The maximum Gasteiger partial charge on any atom is 0.407 e. The minimum Gasteiger partial charge on any atom is -0.453 e. The van der Waals surface area contributed by atoms with E-state index in [4.69, 9.17) is 14.5 Å². The van der Waals surface area contributed by atoms with Gasteiger partial charge in [0.1, 0.15) is 23.7 Å². The Hall–Kier alpha value is -7.40. The van der Waals surface area contributed by atoms with Crippen molar-refractivity contribution < 1.29 is 28.7 Å². The first kappa shape index (κ1) is 38.9. The lowest BCUT2D eigenvalue weighted by Gasteiger charge is -2.28. The zero-order valence-electron chi connectivity index (χ0n) is 32.1. The molecule has 294 valence electrons. The molecule has 1 aliphatic rings. The highest BCUT2D eigenvalue weighted by Crippen LogP contribution is 2.34. The number of nitrogens with zero attached hydrogens (tertiary/aromatic N) is 3. The van der Waals surface area contributed by atoms with E-state index in [1.807, 2.05) is 66.7 Å². The van der Waals surface area contributed by atoms with Crippen LogP contribution in [0.4, 0.5) is 9.59 Å². The summed E-state index contributed by atoms with van der Waals surface area (Å²) >= 11 is 0. The van der Waals surface area contributed by atoms with Gasteiger partial charge < -0.3 is 40.3 Å². The van der Waals surface area contributed by atoms with E-state index in [2.05, 4.69) is 42.7 Å². The quantitative estimate of drug-likeness (QED) is 0.0992. The summed E-state index contributed by atoms with van der Waals surface area (Å²) in [6.45, 7) is 2.34. The Labute approximate surface area is 334 Å². The van der Waals surface area contributed by atoms with Crippen molar-refractivity contribution in [2.45, 2.75) is 43.9 Å². The third-order valence-corrected chi connectivity index (χ3v) is 9.93. The number of rotatable bonds is 10. The summed E-state index contributed by atoms with van der Waals surface area (Å²) in [6, 6.07) is 28.9. The average Bonchev–Trinajstić information content (AvgIpc) is 4.05. The standard InChI is InChI=1S/C44H42N8O6/c1-27(46-41(53)37(50-43(55)57-2)31-11-6-4-7-12-31)39-45-26-35(49-39)30-21-18-28(19-22-30)16-17-29-20-23-33-34(25-29)48-40(47-33)36-15-10-24-52(36)42(54)38(51-44(56)58-3)32-13-8-5-9-14-32/h4-9,11-14,18-23,25-27,36-38H,10,15,24H2,1-3H3,(H,45,49)(H,46,53)(H,47,48)(H,50,55)(H,51,56)/t27-,36-,37+,38+/m0/s1. The minimum absolute atomic E-state index is 0.229. The van der Waals surface area contributed by atoms with Crippen LogP contribution in [0.15, 0.2) is 109 Å². The van der Waals surface area contributed by atoms with Crippen molar-refractivity contribution in [1.29, 1.82) is 0 Å². The molecule has 58 heavy (non-hydrogen) atoms. The Kier molecular flexibility index (Phi) is 11.8. The van der Waals surface area contributed by atoms with Gasteiger partial charge in [0, 0.05) is 17.7 Å². The first-order valence-electron chi connectivity index (χ1n) is 18.8. The van der Waals surface area contributed by atoms with E-state index < -0.39 is 36.2 Å². The second kappa shape index (κ2) is 17.6. The molecule has 1 aliphatic heterocycles. The van der Waals surface area contributed by atoms with Gasteiger partial charge in [-0.15, -0.1) is 0 Å². The molecular weight excluding hydrogens is 737 g/mol. The van der Waals surface area contributed by atoms with E-state index in [1.54, 1.807) is 54.4 Å². The Bertz CT molecular complexity index is 2470. The highest BCUT2D eigenvalue weighted by atomic mass is 16.5. The number of H-pyrrole nitrogens is 2. The molecule has 0 aliphatic carbocycles. The topological polar surface area (TPSA) is 183 Å². The summed E-state index contributed by atoms with van der Waals surface area (Å²) in [7, 11) is 2.52. The summed E-state index contributed by atoms with van der Waals surface area (Å²) in [5.74, 6) is 7.06. The number of hydrogen-bond acceptors (Lipinski definition) is 8.